The molecule has 2 unspecified atom stereocenters. The van der Waals surface area contributed by atoms with Crippen LogP contribution in [-0.2, 0) is 4.74 Å². The van der Waals surface area contributed by atoms with Gasteiger partial charge in [0.05, 0.1) is 0 Å². The van der Waals surface area contributed by atoms with Crippen LogP contribution in [0.1, 0.15) is 40.0 Å². The number of amides is 1. The molecular formula is C12H22N2O2. The van der Waals surface area contributed by atoms with Crippen molar-refractivity contribution >= 4 is 6.09 Å². The average molecular weight is 226 g/mol. The number of carbonyl (C=O) groups excluding carboxylic acids is 1. The summed E-state index contributed by atoms with van der Waals surface area (Å²) < 4.78 is 5.44. The Morgan fingerprint density at radius 2 is 2.12 bits per heavy atom. The van der Waals surface area contributed by atoms with Gasteiger partial charge < -0.3 is 15.0 Å². The van der Waals surface area contributed by atoms with Gasteiger partial charge in [0, 0.05) is 25.2 Å². The maximum absolute atomic E-state index is 12.0. The second-order valence-corrected chi connectivity index (χ2v) is 5.82. The molecule has 3 saturated heterocycles. The second kappa shape index (κ2) is 4.24. The molecule has 1 amide bonds. The van der Waals surface area contributed by atoms with E-state index in [1.807, 2.05) is 25.7 Å². The lowest BCUT2D eigenvalue weighted by Crippen LogP contribution is -2.57. The van der Waals surface area contributed by atoms with Crippen molar-refractivity contribution in [2.45, 2.75) is 57.7 Å². The fourth-order valence-corrected chi connectivity index (χ4v) is 2.46. The lowest BCUT2D eigenvalue weighted by molar-refractivity contribution is 0.00989. The van der Waals surface area contributed by atoms with Crippen LogP contribution in [0.5, 0.6) is 0 Å². The highest BCUT2D eigenvalue weighted by molar-refractivity contribution is 5.69. The van der Waals surface area contributed by atoms with Crippen LogP contribution in [0.4, 0.5) is 4.79 Å². The quantitative estimate of drug-likeness (QED) is 0.684. The SMILES string of the molecule is CC(C)(C)OC(=O)N1CC2CCCC1CN2. The van der Waals surface area contributed by atoms with Crippen molar-refractivity contribution in [2.75, 3.05) is 13.1 Å². The third-order valence-electron chi connectivity index (χ3n) is 3.22. The summed E-state index contributed by atoms with van der Waals surface area (Å²) in [4.78, 5) is 13.9. The lowest BCUT2D eigenvalue weighted by atomic mass is 10.1. The molecule has 3 aliphatic rings. The minimum absolute atomic E-state index is 0.147. The zero-order chi connectivity index (χ0) is 11.8. The molecule has 0 aromatic heterocycles. The van der Waals surface area contributed by atoms with Crippen molar-refractivity contribution in [2.24, 2.45) is 0 Å². The van der Waals surface area contributed by atoms with Gasteiger partial charge in [-0.05, 0) is 40.0 Å². The molecule has 4 heteroatoms. The summed E-state index contributed by atoms with van der Waals surface area (Å²) in [6, 6.07) is 0.792. The van der Waals surface area contributed by atoms with E-state index in [1.165, 1.54) is 12.8 Å². The van der Waals surface area contributed by atoms with E-state index in [0.717, 1.165) is 19.5 Å². The number of nitrogens with one attached hydrogen (secondary N) is 1. The first-order valence-electron chi connectivity index (χ1n) is 6.19. The van der Waals surface area contributed by atoms with Crippen molar-refractivity contribution < 1.29 is 9.53 Å². The number of piperazine rings is 1. The number of rotatable bonds is 0. The molecule has 16 heavy (non-hydrogen) atoms. The summed E-state index contributed by atoms with van der Waals surface area (Å²) >= 11 is 0. The Morgan fingerprint density at radius 1 is 1.38 bits per heavy atom. The van der Waals surface area contributed by atoms with Gasteiger partial charge in [0.1, 0.15) is 5.60 Å². The molecule has 3 aliphatic heterocycles. The predicted octanol–water partition coefficient (Wildman–Crippen LogP) is 1.75. The Bertz CT molecular complexity index is 269. The van der Waals surface area contributed by atoms with Crippen molar-refractivity contribution in [1.82, 2.24) is 10.2 Å². The minimum atomic E-state index is -0.393. The average Bonchev–Trinajstić information content (AvgIpc) is 2.48. The molecule has 4 nitrogen and oxygen atoms in total. The Hall–Kier alpha value is -0.770. The number of ether oxygens (including phenoxy) is 1. The molecule has 3 rings (SSSR count). The van der Waals surface area contributed by atoms with E-state index < -0.39 is 5.60 Å². The van der Waals surface area contributed by atoms with E-state index in [9.17, 15) is 4.79 Å². The highest BCUT2D eigenvalue weighted by atomic mass is 16.6. The number of fused-ring (bicyclic) bond motifs is 4. The van der Waals surface area contributed by atoms with Gasteiger partial charge in [0.15, 0.2) is 0 Å². The van der Waals surface area contributed by atoms with Crippen molar-refractivity contribution in [3.05, 3.63) is 0 Å². The fraction of sp³-hybridized carbons (Fsp3) is 0.917. The van der Waals surface area contributed by atoms with Gasteiger partial charge in [-0.3, -0.25) is 0 Å². The fourth-order valence-electron chi connectivity index (χ4n) is 2.46. The normalized spacial score (nSPS) is 30.1. The Labute approximate surface area is 97.3 Å². The molecule has 0 aromatic carbocycles. The molecule has 0 saturated carbocycles. The maximum atomic E-state index is 12.0. The van der Waals surface area contributed by atoms with Gasteiger partial charge in [-0.2, -0.15) is 0 Å². The molecule has 92 valence electrons. The first-order chi connectivity index (χ1) is 7.46. The van der Waals surface area contributed by atoms with E-state index in [2.05, 4.69) is 5.32 Å². The van der Waals surface area contributed by atoms with E-state index >= 15 is 0 Å². The van der Waals surface area contributed by atoms with Crippen molar-refractivity contribution in [3.8, 4) is 0 Å². The van der Waals surface area contributed by atoms with E-state index in [-0.39, 0.29) is 6.09 Å². The van der Waals surface area contributed by atoms with Crippen molar-refractivity contribution in [3.63, 3.8) is 0 Å². The Morgan fingerprint density at radius 3 is 2.81 bits per heavy atom. The smallest absolute Gasteiger partial charge is 0.410 e. The first-order valence-corrected chi connectivity index (χ1v) is 6.19. The molecule has 0 radical (unpaired) electrons. The van der Waals surface area contributed by atoms with E-state index in [4.69, 9.17) is 4.74 Å². The molecule has 3 heterocycles. The monoisotopic (exact) mass is 226 g/mol. The Kier molecular flexibility index (Phi) is 3.10. The molecule has 2 bridgehead atoms. The third kappa shape index (κ3) is 2.67. The Balaban J connectivity index is 2.01. The third-order valence-corrected chi connectivity index (χ3v) is 3.22. The lowest BCUT2D eigenvalue weighted by Gasteiger charge is -2.38. The largest absolute Gasteiger partial charge is 0.444 e. The van der Waals surface area contributed by atoms with Crippen LogP contribution in [0, 0.1) is 0 Å². The number of hydrogen-bond donors (Lipinski definition) is 1. The van der Waals surface area contributed by atoms with Gasteiger partial charge in [0.2, 0.25) is 0 Å². The molecule has 0 aliphatic carbocycles. The van der Waals surface area contributed by atoms with Gasteiger partial charge in [-0.25, -0.2) is 4.79 Å². The summed E-state index contributed by atoms with van der Waals surface area (Å²) in [7, 11) is 0. The summed E-state index contributed by atoms with van der Waals surface area (Å²) in [5.74, 6) is 0. The highest BCUT2D eigenvalue weighted by Crippen LogP contribution is 2.23. The number of hydrogen-bond acceptors (Lipinski definition) is 3. The number of carbonyl (C=O) groups is 1. The maximum Gasteiger partial charge on any atom is 0.410 e. The first kappa shape index (κ1) is 11.7. The van der Waals surface area contributed by atoms with Crippen LogP contribution in [0.15, 0.2) is 0 Å². The highest BCUT2D eigenvalue weighted by Gasteiger charge is 2.35. The topological polar surface area (TPSA) is 41.6 Å². The van der Waals surface area contributed by atoms with Gasteiger partial charge in [-0.15, -0.1) is 0 Å². The molecule has 1 N–H and O–H groups in total. The molecule has 3 fully saturated rings. The summed E-state index contributed by atoms with van der Waals surface area (Å²) in [6.45, 7) is 7.47. The standard InChI is InChI=1S/C12H22N2O2/c1-12(2,3)16-11(15)14-8-9-5-4-6-10(14)7-13-9/h9-10,13H,4-8H2,1-3H3. The molecule has 0 spiro atoms. The summed E-state index contributed by atoms with van der Waals surface area (Å²) in [5.41, 5.74) is -0.393. The molecule has 2 atom stereocenters. The predicted molar refractivity (Wildman–Crippen MR) is 62.4 cm³/mol. The van der Waals surface area contributed by atoms with Gasteiger partial charge in [-0.1, -0.05) is 0 Å². The van der Waals surface area contributed by atoms with Crippen LogP contribution in [0.2, 0.25) is 0 Å². The second-order valence-electron chi connectivity index (χ2n) is 5.82. The minimum Gasteiger partial charge on any atom is -0.444 e. The van der Waals surface area contributed by atoms with Crippen LogP contribution >= 0.6 is 0 Å². The zero-order valence-electron chi connectivity index (χ0n) is 10.5. The van der Waals surface area contributed by atoms with E-state index in [0.29, 0.717) is 12.1 Å². The zero-order valence-corrected chi connectivity index (χ0v) is 10.5. The van der Waals surface area contributed by atoms with Crippen LogP contribution in [-0.4, -0.2) is 41.8 Å². The van der Waals surface area contributed by atoms with Crippen LogP contribution in [0.3, 0.4) is 0 Å². The number of nitrogens with zero attached hydrogens (tertiary/aromatic N) is 1. The van der Waals surface area contributed by atoms with E-state index in [1.54, 1.807) is 0 Å². The molecular weight excluding hydrogens is 204 g/mol. The molecule has 0 aromatic rings. The summed E-state index contributed by atoms with van der Waals surface area (Å²) in [6.07, 6.45) is 3.34. The van der Waals surface area contributed by atoms with Crippen molar-refractivity contribution in [1.29, 1.82) is 0 Å². The van der Waals surface area contributed by atoms with Gasteiger partial charge >= 0.3 is 6.09 Å². The summed E-state index contributed by atoms with van der Waals surface area (Å²) in [5, 5.41) is 3.48. The van der Waals surface area contributed by atoms with Crippen LogP contribution < -0.4 is 5.32 Å². The van der Waals surface area contributed by atoms with Gasteiger partial charge in [0.25, 0.3) is 0 Å². The van der Waals surface area contributed by atoms with Crippen LogP contribution in [0.25, 0.3) is 0 Å².